The fourth-order valence-corrected chi connectivity index (χ4v) is 2.64. The lowest BCUT2D eigenvalue weighted by atomic mass is 10.1. The van der Waals surface area contributed by atoms with Crippen molar-refractivity contribution in [2.45, 2.75) is 26.3 Å². The summed E-state index contributed by atoms with van der Waals surface area (Å²) in [6.07, 6.45) is 1.01. The summed E-state index contributed by atoms with van der Waals surface area (Å²) in [5, 5.41) is 4.40. The van der Waals surface area contributed by atoms with Gasteiger partial charge < -0.3 is 5.32 Å². The molecule has 0 saturated heterocycles. The van der Waals surface area contributed by atoms with E-state index in [1.165, 1.54) is 11.3 Å². The van der Waals surface area contributed by atoms with E-state index in [-0.39, 0.29) is 0 Å². The maximum Gasteiger partial charge on any atom is 0.0438 e. The van der Waals surface area contributed by atoms with Crippen LogP contribution in [0.3, 0.4) is 0 Å². The average Bonchev–Trinajstić information content (AvgIpc) is 2.29. The molecule has 0 saturated carbocycles. The Bertz CT molecular complexity index is 304. The van der Waals surface area contributed by atoms with E-state index in [0.717, 1.165) is 23.7 Å². The summed E-state index contributed by atoms with van der Waals surface area (Å²) in [6.45, 7) is 5.36. The van der Waals surface area contributed by atoms with E-state index in [1.54, 1.807) is 0 Å². The van der Waals surface area contributed by atoms with Crippen LogP contribution in [0, 0.1) is 0 Å². The van der Waals surface area contributed by atoms with Crippen LogP contribution in [0.2, 0.25) is 5.02 Å². The number of likely N-dealkylation sites (N-methyl/N-ethyl adjacent to an activating group) is 1. The molecule has 1 unspecified atom stereocenters. The molecule has 0 aliphatic rings. The van der Waals surface area contributed by atoms with E-state index in [4.69, 9.17) is 11.6 Å². The van der Waals surface area contributed by atoms with Crippen molar-refractivity contribution in [3.8, 4) is 0 Å². The van der Waals surface area contributed by atoms with E-state index in [9.17, 15) is 0 Å². The second-order valence-electron chi connectivity index (χ2n) is 3.71. The van der Waals surface area contributed by atoms with Crippen LogP contribution in [0.15, 0.2) is 24.3 Å². The zero-order chi connectivity index (χ0) is 11.8. The number of nitrogens with one attached hydrogen (secondary N) is 1. The molecule has 0 spiro atoms. The minimum atomic E-state index is 0.523. The fraction of sp³-hybridized carbons (Fsp3) is 0.538. The molecule has 0 fully saturated rings. The lowest BCUT2D eigenvalue weighted by Gasteiger charge is -2.17. The van der Waals surface area contributed by atoms with Gasteiger partial charge in [-0.3, -0.25) is 0 Å². The van der Waals surface area contributed by atoms with Crippen LogP contribution in [0.4, 0.5) is 0 Å². The smallest absolute Gasteiger partial charge is 0.0438 e. The first-order valence-electron chi connectivity index (χ1n) is 5.82. The van der Waals surface area contributed by atoms with E-state index in [1.807, 2.05) is 23.9 Å². The number of benzene rings is 1. The average molecular weight is 258 g/mol. The van der Waals surface area contributed by atoms with Gasteiger partial charge in [0.2, 0.25) is 0 Å². The Morgan fingerprint density at radius 2 is 2.06 bits per heavy atom. The molecule has 1 rings (SSSR count). The Morgan fingerprint density at radius 3 is 2.69 bits per heavy atom. The highest BCUT2D eigenvalue weighted by atomic mass is 35.5. The molecule has 0 amide bonds. The van der Waals surface area contributed by atoms with Crippen molar-refractivity contribution in [2.24, 2.45) is 0 Å². The zero-order valence-electron chi connectivity index (χ0n) is 10.0. The number of hydrogen-bond acceptors (Lipinski definition) is 2. The Kier molecular flexibility index (Phi) is 6.93. The van der Waals surface area contributed by atoms with Crippen molar-refractivity contribution in [2.75, 3.05) is 18.1 Å². The Morgan fingerprint density at radius 1 is 1.31 bits per heavy atom. The van der Waals surface area contributed by atoms with Crippen molar-refractivity contribution in [1.29, 1.82) is 0 Å². The third-order valence-corrected chi connectivity index (χ3v) is 3.86. The Hall–Kier alpha value is -0.180. The van der Waals surface area contributed by atoms with Gasteiger partial charge in [-0.2, -0.15) is 11.8 Å². The molecule has 0 radical (unpaired) electrons. The quantitative estimate of drug-likeness (QED) is 0.801. The standard InChI is InChI=1S/C13H20ClNS/c1-3-15-12(10-16-4-2)9-11-7-5-6-8-13(11)14/h5-8,12,15H,3-4,9-10H2,1-2H3. The summed E-state index contributed by atoms with van der Waals surface area (Å²) < 4.78 is 0. The molecular weight excluding hydrogens is 238 g/mol. The normalized spacial score (nSPS) is 12.7. The third kappa shape index (κ3) is 4.77. The van der Waals surface area contributed by atoms with Gasteiger partial charge in [-0.1, -0.05) is 43.6 Å². The highest BCUT2D eigenvalue weighted by Crippen LogP contribution is 2.18. The number of thioether (sulfide) groups is 1. The molecule has 0 aromatic heterocycles. The Labute approximate surface area is 108 Å². The first-order valence-corrected chi connectivity index (χ1v) is 7.35. The highest BCUT2D eigenvalue weighted by Gasteiger charge is 2.09. The van der Waals surface area contributed by atoms with E-state index < -0.39 is 0 Å². The van der Waals surface area contributed by atoms with Crippen molar-refractivity contribution >= 4 is 23.4 Å². The molecule has 1 N–H and O–H groups in total. The molecule has 1 aromatic rings. The fourth-order valence-electron chi connectivity index (χ4n) is 1.67. The summed E-state index contributed by atoms with van der Waals surface area (Å²) in [4.78, 5) is 0. The van der Waals surface area contributed by atoms with Crippen LogP contribution in [0.5, 0.6) is 0 Å². The monoisotopic (exact) mass is 257 g/mol. The van der Waals surface area contributed by atoms with Gasteiger partial charge in [-0.25, -0.2) is 0 Å². The number of halogens is 1. The second kappa shape index (κ2) is 7.99. The summed E-state index contributed by atoms with van der Waals surface area (Å²) in [5.74, 6) is 2.32. The largest absolute Gasteiger partial charge is 0.313 e. The van der Waals surface area contributed by atoms with Crippen molar-refractivity contribution in [3.63, 3.8) is 0 Å². The van der Waals surface area contributed by atoms with Gasteiger partial charge in [0.15, 0.2) is 0 Å². The zero-order valence-corrected chi connectivity index (χ0v) is 11.6. The summed E-state index contributed by atoms with van der Waals surface area (Å²) >= 11 is 8.14. The first kappa shape index (κ1) is 13.9. The maximum absolute atomic E-state index is 6.17. The molecule has 0 aliphatic carbocycles. The molecule has 0 aliphatic heterocycles. The molecule has 0 bridgehead atoms. The SMILES string of the molecule is CCNC(CSCC)Cc1ccccc1Cl. The summed E-state index contributed by atoms with van der Waals surface area (Å²) in [6, 6.07) is 8.64. The second-order valence-corrected chi connectivity index (χ2v) is 5.44. The topological polar surface area (TPSA) is 12.0 Å². The van der Waals surface area contributed by atoms with Gasteiger partial charge in [0.25, 0.3) is 0 Å². The van der Waals surface area contributed by atoms with Crippen LogP contribution >= 0.6 is 23.4 Å². The van der Waals surface area contributed by atoms with E-state index in [2.05, 4.69) is 31.3 Å². The molecule has 0 heterocycles. The molecule has 16 heavy (non-hydrogen) atoms. The van der Waals surface area contributed by atoms with Crippen LogP contribution in [0.25, 0.3) is 0 Å². The maximum atomic E-state index is 6.17. The van der Waals surface area contributed by atoms with Crippen LogP contribution in [-0.4, -0.2) is 24.1 Å². The van der Waals surface area contributed by atoms with E-state index in [0.29, 0.717) is 6.04 Å². The van der Waals surface area contributed by atoms with Gasteiger partial charge in [0.05, 0.1) is 0 Å². The predicted octanol–water partition coefficient (Wildman–Crippen LogP) is 3.61. The molecule has 3 heteroatoms. The lowest BCUT2D eigenvalue weighted by molar-refractivity contribution is 0.573. The van der Waals surface area contributed by atoms with Crippen LogP contribution in [-0.2, 0) is 6.42 Å². The summed E-state index contributed by atoms with van der Waals surface area (Å²) in [5.41, 5.74) is 1.24. The van der Waals surface area contributed by atoms with Crippen LogP contribution < -0.4 is 5.32 Å². The van der Waals surface area contributed by atoms with Gasteiger partial charge >= 0.3 is 0 Å². The Balaban J connectivity index is 2.56. The predicted molar refractivity (Wildman–Crippen MR) is 75.6 cm³/mol. The molecule has 1 atom stereocenters. The first-order chi connectivity index (χ1) is 7.77. The molecule has 90 valence electrons. The van der Waals surface area contributed by atoms with Gasteiger partial charge in [0, 0.05) is 16.8 Å². The van der Waals surface area contributed by atoms with Crippen molar-refractivity contribution in [3.05, 3.63) is 34.9 Å². The highest BCUT2D eigenvalue weighted by molar-refractivity contribution is 7.99. The van der Waals surface area contributed by atoms with Crippen molar-refractivity contribution in [1.82, 2.24) is 5.32 Å². The van der Waals surface area contributed by atoms with E-state index >= 15 is 0 Å². The van der Waals surface area contributed by atoms with Crippen LogP contribution in [0.1, 0.15) is 19.4 Å². The number of hydrogen-bond donors (Lipinski definition) is 1. The third-order valence-electron chi connectivity index (χ3n) is 2.44. The van der Waals surface area contributed by atoms with Gasteiger partial charge in [-0.15, -0.1) is 0 Å². The minimum absolute atomic E-state index is 0.523. The molecular formula is C13H20ClNS. The molecule has 1 aromatic carbocycles. The molecule has 1 nitrogen and oxygen atoms in total. The minimum Gasteiger partial charge on any atom is -0.313 e. The van der Waals surface area contributed by atoms with Gasteiger partial charge in [-0.05, 0) is 30.3 Å². The van der Waals surface area contributed by atoms with Crippen molar-refractivity contribution < 1.29 is 0 Å². The van der Waals surface area contributed by atoms with Gasteiger partial charge in [0.1, 0.15) is 0 Å². The number of rotatable bonds is 7. The summed E-state index contributed by atoms with van der Waals surface area (Å²) in [7, 11) is 0. The lowest BCUT2D eigenvalue weighted by Crippen LogP contribution is -2.33.